The summed E-state index contributed by atoms with van der Waals surface area (Å²) in [5.41, 5.74) is 0. The van der Waals surface area contributed by atoms with E-state index in [1.54, 1.807) is 0 Å². The van der Waals surface area contributed by atoms with Crippen molar-refractivity contribution in [2.45, 2.75) is 0 Å². The summed E-state index contributed by atoms with van der Waals surface area (Å²) in [5.74, 6) is 0.420. The van der Waals surface area contributed by atoms with Gasteiger partial charge in [0.15, 0.2) is 0 Å². The van der Waals surface area contributed by atoms with Gasteiger partial charge in [0.25, 0.3) is 0 Å². The van der Waals surface area contributed by atoms with Gasteiger partial charge in [-0.3, -0.25) is 0 Å². The minimum Gasteiger partial charge on any atom is -0.396 e. The van der Waals surface area contributed by atoms with Crippen molar-refractivity contribution in [2.75, 3.05) is 26.4 Å². The van der Waals surface area contributed by atoms with Crippen LogP contribution >= 0.6 is 0 Å². The molecule has 0 aromatic rings. The highest BCUT2D eigenvalue weighted by Gasteiger charge is 2.09. The second-order valence-corrected chi connectivity index (χ2v) is 2.13. The second kappa shape index (κ2) is 3.02. The Morgan fingerprint density at radius 3 is 2.38 bits per heavy atom. The Hall–Kier alpha value is -0.120. The molecular weight excluding hydrogens is 104 g/mol. The van der Waals surface area contributed by atoms with Crippen LogP contribution in [0.5, 0.6) is 0 Å². The van der Waals surface area contributed by atoms with Crippen LogP contribution in [0.2, 0.25) is 0 Å². The first-order chi connectivity index (χ1) is 3.93. The number of aliphatic hydroxyl groups is 1. The van der Waals surface area contributed by atoms with E-state index >= 15 is 0 Å². The van der Waals surface area contributed by atoms with Crippen molar-refractivity contribution in [1.82, 2.24) is 10.6 Å². The Morgan fingerprint density at radius 2 is 2.00 bits per heavy atom. The third kappa shape index (κ3) is 1.43. The summed E-state index contributed by atoms with van der Waals surface area (Å²) in [5, 5.41) is 14.8. The molecule has 0 radical (unpaired) electrons. The second-order valence-electron chi connectivity index (χ2n) is 2.13. The predicted octanol–water partition coefficient (Wildman–Crippen LogP) is -1.25. The molecule has 0 amide bonds. The third-order valence-electron chi connectivity index (χ3n) is 1.37. The molecule has 0 aliphatic carbocycles. The van der Waals surface area contributed by atoms with Gasteiger partial charge in [0.1, 0.15) is 0 Å². The summed E-state index contributed by atoms with van der Waals surface area (Å²) >= 11 is 0. The summed E-state index contributed by atoms with van der Waals surface area (Å²) in [7, 11) is 0. The molecule has 1 aliphatic heterocycles. The summed E-state index contributed by atoms with van der Waals surface area (Å²) in [6.07, 6.45) is 0. The molecule has 1 aliphatic rings. The van der Waals surface area contributed by atoms with Gasteiger partial charge in [-0.25, -0.2) is 0 Å². The number of nitrogens with one attached hydrogen (secondary N) is 2. The molecule has 0 bridgehead atoms. The first-order valence-electron chi connectivity index (χ1n) is 2.96. The van der Waals surface area contributed by atoms with Crippen LogP contribution in [0.3, 0.4) is 0 Å². The quantitative estimate of drug-likeness (QED) is 0.401. The molecular formula is C5H12N2O. The molecule has 0 aromatic carbocycles. The standard InChI is InChI=1S/C5H12N2O/c8-3-5-1-6-4-7-2-5/h5-8H,1-4H2. The fourth-order valence-corrected chi connectivity index (χ4v) is 0.842. The minimum absolute atomic E-state index is 0.292. The number of aliphatic hydroxyl groups excluding tert-OH is 1. The Labute approximate surface area is 49.1 Å². The normalized spacial score (nSPS) is 23.6. The highest BCUT2D eigenvalue weighted by Crippen LogP contribution is 1.92. The Bertz CT molecular complexity index is 61.4. The molecule has 8 heavy (non-hydrogen) atoms. The van der Waals surface area contributed by atoms with Crippen LogP contribution in [0, 0.1) is 5.92 Å². The number of rotatable bonds is 1. The molecule has 1 heterocycles. The van der Waals surface area contributed by atoms with E-state index < -0.39 is 0 Å². The molecule has 3 heteroatoms. The van der Waals surface area contributed by atoms with Crippen molar-refractivity contribution in [2.24, 2.45) is 5.92 Å². The van der Waals surface area contributed by atoms with Gasteiger partial charge in [0, 0.05) is 32.3 Å². The largest absolute Gasteiger partial charge is 0.396 e. The van der Waals surface area contributed by atoms with Crippen LogP contribution in [-0.4, -0.2) is 31.5 Å². The van der Waals surface area contributed by atoms with Crippen LogP contribution in [0.15, 0.2) is 0 Å². The van der Waals surface area contributed by atoms with Crippen molar-refractivity contribution >= 4 is 0 Å². The van der Waals surface area contributed by atoms with Gasteiger partial charge >= 0.3 is 0 Å². The summed E-state index contributed by atoms with van der Waals surface area (Å²) in [6.45, 7) is 3.07. The fourth-order valence-electron chi connectivity index (χ4n) is 0.842. The van der Waals surface area contributed by atoms with Crippen molar-refractivity contribution in [3.05, 3.63) is 0 Å². The third-order valence-corrected chi connectivity index (χ3v) is 1.37. The fraction of sp³-hybridized carbons (Fsp3) is 1.00. The van der Waals surface area contributed by atoms with Gasteiger partial charge < -0.3 is 15.7 Å². The Morgan fingerprint density at radius 1 is 1.38 bits per heavy atom. The average molecular weight is 116 g/mol. The highest BCUT2D eigenvalue weighted by molar-refractivity contribution is 4.67. The first kappa shape index (κ1) is 6.01. The van der Waals surface area contributed by atoms with Gasteiger partial charge in [-0.1, -0.05) is 0 Å². The molecule has 0 atom stereocenters. The maximum atomic E-state index is 8.61. The average Bonchev–Trinajstić information content (AvgIpc) is 1.90. The molecule has 0 aromatic heterocycles. The molecule has 0 unspecified atom stereocenters. The molecule has 0 saturated carbocycles. The molecule has 1 fully saturated rings. The zero-order chi connectivity index (χ0) is 5.82. The lowest BCUT2D eigenvalue weighted by atomic mass is 10.1. The predicted molar refractivity (Wildman–Crippen MR) is 31.4 cm³/mol. The van der Waals surface area contributed by atoms with Crippen molar-refractivity contribution in [3.63, 3.8) is 0 Å². The zero-order valence-electron chi connectivity index (χ0n) is 4.85. The molecule has 3 N–H and O–H groups in total. The minimum atomic E-state index is 0.292. The van der Waals surface area contributed by atoms with E-state index in [0.717, 1.165) is 19.8 Å². The molecule has 1 rings (SSSR count). The van der Waals surface area contributed by atoms with Crippen LogP contribution in [0.4, 0.5) is 0 Å². The smallest absolute Gasteiger partial charge is 0.0483 e. The monoisotopic (exact) mass is 116 g/mol. The summed E-state index contributed by atoms with van der Waals surface area (Å²) in [6, 6.07) is 0. The lowest BCUT2D eigenvalue weighted by Gasteiger charge is -2.21. The van der Waals surface area contributed by atoms with E-state index in [1.165, 1.54) is 0 Å². The zero-order valence-corrected chi connectivity index (χ0v) is 4.85. The van der Waals surface area contributed by atoms with Crippen LogP contribution in [0.25, 0.3) is 0 Å². The van der Waals surface area contributed by atoms with Gasteiger partial charge in [0.05, 0.1) is 0 Å². The van der Waals surface area contributed by atoms with Gasteiger partial charge in [-0.15, -0.1) is 0 Å². The lowest BCUT2D eigenvalue weighted by Crippen LogP contribution is -2.45. The van der Waals surface area contributed by atoms with E-state index in [2.05, 4.69) is 10.6 Å². The van der Waals surface area contributed by atoms with E-state index in [-0.39, 0.29) is 0 Å². The maximum Gasteiger partial charge on any atom is 0.0483 e. The maximum absolute atomic E-state index is 8.61. The first-order valence-corrected chi connectivity index (χ1v) is 2.96. The van der Waals surface area contributed by atoms with Crippen LogP contribution in [-0.2, 0) is 0 Å². The van der Waals surface area contributed by atoms with Crippen molar-refractivity contribution in [3.8, 4) is 0 Å². The van der Waals surface area contributed by atoms with Gasteiger partial charge in [-0.05, 0) is 0 Å². The van der Waals surface area contributed by atoms with Crippen LogP contribution in [0.1, 0.15) is 0 Å². The molecule has 48 valence electrons. The SMILES string of the molecule is OCC1CNCNC1. The molecule has 1 saturated heterocycles. The topological polar surface area (TPSA) is 44.3 Å². The highest BCUT2D eigenvalue weighted by atomic mass is 16.3. The summed E-state index contributed by atoms with van der Waals surface area (Å²) < 4.78 is 0. The lowest BCUT2D eigenvalue weighted by molar-refractivity contribution is 0.203. The van der Waals surface area contributed by atoms with E-state index in [4.69, 9.17) is 5.11 Å². The summed E-state index contributed by atoms with van der Waals surface area (Å²) in [4.78, 5) is 0. The molecule has 3 nitrogen and oxygen atoms in total. The van der Waals surface area contributed by atoms with E-state index in [0.29, 0.717) is 12.5 Å². The van der Waals surface area contributed by atoms with Crippen molar-refractivity contribution < 1.29 is 5.11 Å². The Balaban J connectivity index is 2.13. The van der Waals surface area contributed by atoms with Crippen molar-refractivity contribution in [1.29, 1.82) is 0 Å². The number of hydrogen-bond donors (Lipinski definition) is 3. The van der Waals surface area contributed by atoms with Gasteiger partial charge in [-0.2, -0.15) is 0 Å². The Kier molecular flexibility index (Phi) is 2.27. The van der Waals surface area contributed by atoms with Gasteiger partial charge in [0.2, 0.25) is 0 Å². The van der Waals surface area contributed by atoms with Crippen LogP contribution < -0.4 is 10.6 Å². The van der Waals surface area contributed by atoms with E-state index in [1.807, 2.05) is 0 Å². The van der Waals surface area contributed by atoms with E-state index in [9.17, 15) is 0 Å². The number of hydrogen-bond acceptors (Lipinski definition) is 3. The molecule has 0 spiro atoms.